The monoisotopic (exact) mass is 326 g/mol. The minimum Gasteiger partial charge on any atom is -0.496 e. The van der Waals surface area contributed by atoms with Crippen molar-refractivity contribution >= 4 is 12.2 Å². The first-order chi connectivity index (χ1) is 11.7. The van der Waals surface area contributed by atoms with Gasteiger partial charge in [0.15, 0.2) is 0 Å². The van der Waals surface area contributed by atoms with E-state index in [4.69, 9.17) is 9.47 Å². The van der Waals surface area contributed by atoms with Crippen LogP contribution < -0.4 is 9.47 Å². The molecule has 1 aliphatic rings. The maximum Gasteiger partial charge on any atom is 0.126 e. The van der Waals surface area contributed by atoms with Crippen molar-refractivity contribution in [1.82, 2.24) is 0 Å². The molecule has 0 bridgehead atoms. The van der Waals surface area contributed by atoms with Crippen molar-refractivity contribution in [2.45, 2.75) is 31.6 Å². The largest absolute Gasteiger partial charge is 0.496 e. The van der Waals surface area contributed by atoms with Crippen LogP contribution in [-0.2, 0) is 0 Å². The molecule has 0 aliphatic heterocycles. The molecular formula is C21H23FO2. The number of methoxy groups -OCH3 is 2. The summed E-state index contributed by atoms with van der Waals surface area (Å²) in [6.07, 6.45) is 8.75. The number of ether oxygens (including phenoxy) is 2. The number of hydrogen-bond acceptors (Lipinski definition) is 2. The zero-order valence-electron chi connectivity index (χ0n) is 14.2. The van der Waals surface area contributed by atoms with Crippen molar-refractivity contribution in [3.05, 3.63) is 58.9 Å². The van der Waals surface area contributed by atoms with Gasteiger partial charge in [-0.15, -0.1) is 0 Å². The van der Waals surface area contributed by atoms with Gasteiger partial charge >= 0.3 is 0 Å². The second-order valence-electron chi connectivity index (χ2n) is 6.21. The van der Waals surface area contributed by atoms with Crippen LogP contribution in [-0.4, -0.2) is 14.2 Å². The lowest BCUT2D eigenvalue weighted by Gasteiger charge is -2.19. The summed E-state index contributed by atoms with van der Waals surface area (Å²) in [5, 5.41) is 0. The fraction of sp³-hybridized carbons (Fsp3) is 0.333. The number of hydrogen-bond donors (Lipinski definition) is 0. The Morgan fingerprint density at radius 1 is 0.917 bits per heavy atom. The van der Waals surface area contributed by atoms with Crippen molar-refractivity contribution in [2.24, 2.45) is 0 Å². The second kappa shape index (κ2) is 7.52. The van der Waals surface area contributed by atoms with E-state index in [1.165, 1.54) is 43.4 Å². The molecule has 0 spiro atoms. The molecule has 126 valence electrons. The van der Waals surface area contributed by atoms with Gasteiger partial charge in [-0.3, -0.25) is 0 Å². The van der Waals surface area contributed by atoms with Crippen LogP contribution in [0.3, 0.4) is 0 Å². The van der Waals surface area contributed by atoms with Crippen LogP contribution in [0.4, 0.5) is 4.39 Å². The third-order valence-electron chi connectivity index (χ3n) is 4.65. The normalized spacial score (nSPS) is 15.1. The minimum atomic E-state index is -0.233. The zero-order valence-corrected chi connectivity index (χ0v) is 14.2. The van der Waals surface area contributed by atoms with E-state index in [0.717, 1.165) is 22.6 Å². The maximum atomic E-state index is 13.3. The van der Waals surface area contributed by atoms with Crippen LogP contribution in [0.1, 0.15) is 48.3 Å². The van der Waals surface area contributed by atoms with Crippen LogP contribution in [0.25, 0.3) is 12.2 Å². The molecular weight excluding hydrogens is 303 g/mol. The van der Waals surface area contributed by atoms with E-state index in [-0.39, 0.29) is 5.82 Å². The average molecular weight is 326 g/mol. The van der Waals surface area contributed by atoms with Crippen molar-refractivity contribution in [3.8, 4) is 11.5 Å². The Balaban J connectivity index is 1.94. The molecule has 2 aromatic carbocycles. The molecule has 2 aromatic rings. The molecule has 1 saturated carbocycles. The summed E-state index contributed by atoms with van der Waals surface area (Å²) >= 11 is 0. The third kappa shape index (κ3) is 3.61. The Hall–Kier alpha value is -2.29. The van der Waals surface area contributed by atoms with E-state index in [2.05, 4.69) is 0 Å². The van der Waals surface area contributed by atoms with E-state index in [1.807, 2.05) is 30.4 Å². The predicted molar refractivity (Wildman–Crippen MR) is 96.1 cm³/mol. The molecule has 0 atom stereocenters. The number of benzene rings is 2. The first kappa shape index (κ1) is 16.6. The highest BCUT2D eigenvalue weighted by molar-refractivity contribution is 5.72. The lowest BCUT2D eigenvalue weighted by molar-refractivity contribution is 0.378. The SMILES string of the molecule is COc1cc(C=Cc2cccc(F)c2)cc(OC)c1C1CCCC1. The Morgan fingerprint density at radius 3 is 2.12 bits per heavy atom. The predicted octanol–water partition coefficient (Wildman–Crippen LogP) is 5.67. The van der Waals surface area contributed by atoms with E-state index in [1.54, 1.807) is 20.3 Å². The van der Waals surface area contributed by atoms with Crippen molar-refractivity contribution in [2.75, 3.05) is 14.2 Å². The highest BCUT2D eigenvalue weighted by Crippen LogP contribution is 2.44. The summed E-state index contributed by atoms with van der Waals surface area (Å²) in [5.41, 5.74) is 2.99. The fourth-order valence-corrected chi connectivity index (χ4v) is 3.47. The molecule has 3 heteroatoms. The lowest BCUT2D eigenvalue weighted by atomic mass is 9.94. The Kier molecular flexibility index (Phi) is 5.19. The maximum absolute atomic E-state index is 13.3. The molecule has 0 unspecified atom stereocenters. The van der Waals surface area contributed by atoms with Gasteiger partial charge in [-0.05, 0) is 54.2 Å². The smallest absolute Gasteiger partial charge is 0.126 e. The summed E-state index contributed by atoms with van der Waals surface area (Å²) in [6, 6.07) is 10.6. The number of halogens is 1. The molecule has 24 heavy (non-hydrogen) atoms. The lowest BCUT2D eigenvalue weighted by Crippen LogP contribution is -2.01. The highest BCUT2D eigenvalue weighted by atomic mass is 19.1. The molecule has 1 aliphatic carbocycles. The first-order valence-corrected chi connectivity index (χ1v) is 8.41. The first-order valence-electron chi connectivity index (χ1n) is 8.41. The molecule has 3 rings (SSSR count). The van der Waals surface area contributed by atoms with Gasteiger partial charge in [-0.1, -0.05) is 37.1 Å². The van der Waals surface area contributed by atoms with Gasteiger partial charge in [0.05, 0.1) is 14.2 Å². The van der Waals surface area contributed by atoms with Crippen LogP contribution in [0.2, 0.25) is 0 Å². The molecule has 0 radical (unpaired) electrons. The molecule has 0 amide bonds. The standard InChI is InChI=1S/C21H23FO2/c1-23-19-13-16(11-10-15-6-5-9-18(22)12-15)14-20(24-2)21(19)17-7-3-4-8-17/h5-6,9-14,17H,3-4,7-8H2,1-2H3. The van der Waals surface area contributed by atoms with Crippen molar-refractivity contribution < 1.29 is 13.9 Å². The Labute approximate surface area is 142 Å². The molecule has 0 saturated heterocycles. The summed E-state index contributed by atoms with van der Waals surface area (Å²) in [4.78, 5) is 0. The van der Waals surface area contributed by atoms with Crippen LogP contribution in [0.15, 0.2) is 36.4 Å². The molecule has 0 aromatic heterocycles. The second-order valence-corrected chi connectivity index (χ2v) is 6.21. The summed E-state index contributed by atoms with van der Waals surface area (Å²) in [5.74, 6) is 2.03. The molecule has 2 nitrogen and oxygen atoms in total. The summed E-state index contributed by atoms with van der Waals surface area (Å²) in [6.45, 7) is 0. The van der Waals surface area contributed by atoms with Gasteiger partial charge < -0.3 is 9.47 Å². The Morgan fingerprint density at radius 2 is 1.54 bits per heavy atom. The van der Waals surface area contributed by atoms with E-state index < -0.39 is 0 Å². The number of rotatable bonds is 5. The Bertz CT molecular complexity index is 705. The van der Waals surface area contributed by atoms with Crippen molar-refractivity contribution in [1.29, 1.82) is 0 Å². The molecule has 1 fully saturated rings. The molecule has 0 N–H and O–H groups in total. The highest BCUT2D eigenvalue weighted by Gasteiger charge is 2.24. The van der Waals surface area contributed by atoms with Gasteiger partial charge in [0.2, 0.25) is 0 Å². The van der Waals surface area contributed by atoms with Gasteiger partial charge in [-0.2, -0.15) is 0 Å². The van der Waals surface area contributed by atoms with Gasteiger partial charge in [0.25, 0.3) is 0 Å². The summed E-state index contributed by atoms with van der Waals surface area (Å²) < 4.78 is 24.6. The quantitative estimate of drug-likeness (QED) is 0.659. The van der Waals surface area contributed by atoms with Gasteiger partial charge in [-0.25, -0.2) is 4.39 Å². The third-order valence-corrected chi connectivity index (χ3v) is 4.65. The fourth-order valence-electron chi connectivity index (χ4n) is 3.47. The van der Waals surface area contributed by atoms with Gasteiger partial charge in [0, 0.05) is 5.56 Å². The van der Waals surface area contributed by atoms with Gasteiger partial charge in [0.1, 0.15) is 17.3 Å². The van der Waals surface area contributed by atoms with Crippen molar-refractivity contribution in [3.63, 3.8) is 0 Å². The van der Waals surface area contributed by atoms with E-state index >= 15 is 0 Å². The van der Waals surface area contributed by atoms with Crippen LogP contribution in [0, 0.1) is 5.82 Å². The average Bonchev–Trinajstić information content (AvgIpc) is 3.13. The minimum absolute atomic E-state index is 0.233. The van der Waals surface area contributed by atoms with Crippen LogP contribution >= 0.6 is 0 Å². The zero-order chi connectivity index (χ0) is 16.9. The van der Waals surface area contributed by atoms with Crippen LogP contribution in [0.5, 0.6) is 11.5 Å². The topological polar surface area (TPSA) is 18.5 Å². The van der Waals surface area contributed by atoms with E-state index in [9.17, 15) is 4.39 Å². The molecule has 0 heterocycles. The summed E-state index contributed by atoms with van der Waals surface area (Å²) in [7, 11) is 3.40. The van der Waals surface area contributed by atoms with E-state index in [0.29, 0.717) is 5.92 Å².